The van der Waals surface area contributed by atoms with Crippen LogP contribution in [0.3, 0.4) is 0 Å². The highest BCUT2D eigenvalue weighted by atomic mass is 19.1. The maximum absolute atomic E-state index is 13.9. The SMILES string of the molecule is COc1cc2c(Oc3ccccc3F)ccnc2cc1OCC(=O)NO. The maximum Gasteiger partial charge on any atom is 0.281 e. The monoisotopic (exact) mass is 358 g/mol. The molecule has 7 nitrogen and oxygen atoms in total. The normalized spacial score (nSPS) is 10.4. The average Bonchev–Trinajstić information content (AvgIpc) is 2.67. The van der Waals surface area contributed by atoms with Crippen LogP contribution in [-0.4, -0.2) is 29.8 Å². The van der Waals surface area contributed by atoms with Gasteiger partial charge in [-0.3, -0.25) is 15.0 Å². The van der Waals surface area contributed by atoms with E-state index in [1.807, 2.05) is 0 Å². The number of methoxy groups -OCH3 is 1. The Morgan fingerprint density at radius 2 is 1.96 bits per heavy atom. The van der Waals surface area contributed by atoms with E-state index in [2.05, 4.69) is 4.98 Å². The Morgan fingerprint density at radius 1 is 1.15 bits per heavy atom. The van der Waals surface area contributed by atoms with E-state index < -0.39 is 18.3 Å². The Balaban J connectivity index is 1.99. The first-order valence-corrected chi connectivity index (χ1v) is 7.57. The summed E-state index contributed by atoms with van der Waals surface area (Å²) in [6, 6.07) is 10.8. The van der Waals surface area contributed by atoms with Gasteiger partial charge in [-0.15, -0.1) is 0 Å². The minimum absolute atomic E-state index is 0.0823. The molecule has 2 N–H and O–H groups in total. The fourth-order valence-corrected chi connectivity index (χ4v) is 2.31. The van der Waals surface area contributed by atoms with Gasteiger partial charge >= 0.3 is 0 Å². The number of carbonyl (C=O) groups excluding carboxylic acids is 1. The van der Waals surface area contributed by atoms with Crippen LogP contribution in [0.1, 0.15) is 0 Å². The van der Waals surface area contributed by atoms with Crippen LogP contribution in [0.25, 0.3) is 10.9 Å². The number of ether oxygens (including phenoxy) is 3. The van der Waals surface area contributed by atoms with Gasteiger partial charge in [-0.05, 0) is 24.3 Å². The molecule has 134 valence electrons. The van der Waals surface area contributed by atoms with Crippen molar-refractivity contribution < 1.29 is 28.6 Å². The average molecular weight is 358 g/mol. The smallest absolute Gasteiger partial charge is 0.281 e. The van der Waals surface area contributed by atoms with Gasteiger partial charge in [0.2, 0.25) is 0 Å². The summed E-state index contributed by atoms with van der Waals surface area (Å²) in [4.78, 5) is 15.4. The summed E-state index contributed by atoms with van der Waals surface area (Å²) in [5.41, 5.74) is 1.97. The Bertz CT molecular complexity index is 948. The molecule has 0 saturated heterocycles. The van der Waals surface area contributed by atoms with Gasteiger partial charge in [0.25, 0.3) is 5.91 Å². The Kier molecular flexibility index (Phi) is 5.14. The molecule has 0 bridgehead atoms. The van der Waals surface area contributed by atoms with Crippen LogP contribution in [0.15, 0.2) is 48.7 Å². The van der Waals surface area contributed by atoms with Crippen molar-refractivity contribution in [2.75, 3.05) is 13.7 Å². The standard InChI is InChI=1S/C18H15FN2O5/c1-24-16-8-11-13(9-17(16)25-10-18(22)21-23)20-7-6-14(11)26-15-5-3-2-4-12(15)19/h2-9,23H,10H2,1H3,(H,21,22). The molecule has 0 aliphatic carbocycles. The zero-order valence-corrected chi connectivity index (χ0v) is 13.7. The highest BCUT2D eigenvalue weighted by molar-refractivity contribution is 5.88. The van der Waals surface area contributed by atoms with Crippen LogP contribution >= 0.6 is 0 Å². The molecule has 1 heterocycles. The number of nitrogens with zero attached hydrogens (tertiary/aromatic N) is 1. The molecular formula is C18H15FN2O5. The third kappa shape index (κ3) is 3.65. The van der Waals surface area contributed by atoms with Crippen LogP contribution in [0.4, 0.5) is 4.39 Å². The Labute approximate surface area is 147 Å². The lowest BCUT2D eigenvalue weighted by molar-refractivity contribution is -0.131. The van der Waals surface area contributed by atoms with Gasteiger partial charge in [-0.1, -0.05) is 12.1 Å². The van der Waals surface area contributed by atoms with Crippen LogP contribution in [0.5, 0.6) is 23.0 Å². The number of nitrogens with one attached hydrogen (secondary N) is 1. The van der Waals surface area contributed by atoms with E-state index in [9.17, 15) is 9.18 Å². The molecule has 0 spiro atoms. The lowest BCUT2D eigenvalue weighted by Gasteiger charge is -2.13. The van der Waals surface area contributed by atoms with Gasteiger partial charge in [0.15, 0.2) is 29.7 Å². The molecule has 0 atom stereocenters. The van der Waals surface area contributed by atoms with Gasteiger partial charge in [-0.25, -0.2) is 9.87 Å². The van der Waals surface area contributed by atoms with Gasteiger partial charge in [0.05, 0.1) is 12.6 Å². The summed E-state index contributed by atoms with van der Waals surface area (Å²) in [6.45, 7) is -0.399. The van der Waals surface area contributed by atoms with E-state index in [1.54, 1.807) is 30.3 Å². The number of hydroxylamine groups is 1. The maximum atomic E-state index is 13.9. The molecule has 0 saturated carbocycles. The summed E-state index contributed by atoms with van der Waals surface area (Å²) < 4.78 is 30.1. The number of aromatic nitrogens is 1. The Morgan fingerprint density at radius 3 is 2.69 bits per heavy atom. The van der Waals surface area contributed by atoms with E-state index >= 15 is 0 Å². The van der Waals surface area contributed by atoms with E-state index in [1.165, 1.54) is 30.9 Å². The number of hydrogen-bond acceptors (Lipinski definition) is 6. The van der Waals surface area contributed by atoms with Crippen molar-refractivity contribution >= 4 is 16.8 Å². The number of pyridine rings is 1. The second-order valence-corrected chi connectivity index (χ2v) is 5.19. The number of para-hydroxylation sites is 1. The van der Waals surface area contributed by atoms with Crippen molar-refractivity contribution in [3.8, 4) is 23.0 Å². The molecule has 0 radical (unpaired) electrons. The zero-order chi connectivity index (χ0) is 18.5. The van der Waals surface area contributed by atoms with Gasteiger partial charge in [0.1, 0.15) is 5.75 Å². The third-order valence-corrected chi connectivity index (χ3v) is 3.53. The topological polar surface area (TPSA) is 89.9 Å². The van der Waals surface area contributed by atoms with Crippen molar-refractivity contribution in [3.63, 3.8) is 0 Å². The Hall–Kier alpha value is -3.39. The molecule has 2 aromatic carbocycles. The summed E-state index contributed by atoms with van der Waals surface area (Å²) in [5.74, 6) is -0.137. The quantitative estimate of drug-likeness (QED) is 0.520. The highest BCUT2D eigenvalue weighted by Crippen LogP contribution is 2.37. The molecule has 3 rings (SSSR count). The first kappa shape index (κ1) is 17.4. The van der Waals surface area contributed by atoms with E-state index in [4.69, 9.17) is 19.4 Å². The van der Waals surface area contributed by atoms with Crippen molar-refractivity contribution in [3.05, 3.63) is 54.5 Å². The number of fused-ring (bicyclic) bond motifs is 1. The fraction of sp³-hybridized carbons (Fsp3) is 0.111. The predicted octanol–water partition coefficient (Wildman–Crippen LogP) is 3.06. The van der Waals surface area contributed by atoms with Crippen molar-refractivity contribution in [2.24, 2.45) is 0 Å². The molecule has 0 aliphatic heterocycles. The van der Waals surface area contributed by atoms with E-state index in [0.29, 0.717) is 22.4 Å². The van der Waals surface area contributed by atoms with Gasteiger partial charge in [0, 0.05) is 17.6 Å². The van der Waals surface area contributed by atoms with Crippen LogP contribution in [0.2, 0.25) is 0 Å². The molecule has 1 aromatic heterocycles. The molecule has 1 amide bonds. The minimum atomic E-state index is -0.711. The molecule has 26 heavy (non-hydrogen) atoms. The second-order valence-electron chi connectivity index (χ2n) is 5.19. The largest absolute Gasteiger partial charge is 0.493 e. The van der Waals surface area contributed by atoms with E-state index in [-0.39, 0.29) is 11.5 Å². The number of halogens is 1. The summed E-state index contributed by atoms with van der Waals surface area (Å²) in [6.07, 6.45) is 1.51. The predicted molar refractivity (Wildman–Crippen MR) is 90.2 cm³/mol. The molecule has 0 fully saturated rings. The number of carbonyl (C=O) groups is 1. The number of hydrogen-bond donors (Lipinski definition) is 2. The highest BCUT2D eigenvalue weighted by Gasteiger charge is 2.14. The van der Waals surface area contributed by atoms with E-state index in [0.717, 1.165) is 0 Å². The zero-order valence-electron chi connectivity index (χ0n) is 13.7. The first-order valence-electron chi connectivity index (χ1n) is 7.57. The van der Waals surface area contributed by atoms with Crippen molar-refractivity contribution in [1.82, 2.24) is 10.5 Å². The molecule has 8 heteroatoms. The number of amides is 1. The van der Waals surface area contributed by atoms with Crippen LogP contribution < -0.4 is 19.7 Å². The summed E-state index contributed by atoms with van der Waals surface area (Å²) >= 11 is 0. The third-order valence-electron chi connectivity index (χ3n) is 3.53. The fourth-order valence-electron chi connectivity index (χ4n) is 2.31. The van der Waals surface area contributed by atoms with Crippen LogP contribution in [0, 0.1) is 5.82 Å². The second kappa shape index (κ2) is 7.66. The molecule has 3 aromatic rings. The first-order chi connectivity index (χ1) is 12.6. The molecule has 0 aliphatic rings. The van der Waals surface area contributed by atoms with Crippen molar-refractivity contribution in [1.29, 1.82) is 0 Å². The van der Waals surface area contributed by atoms with Crippen LogP contribution in [-0.2, 0) is 4.79 Å². The minimum Gasteiger partial charge on any atom is -0.493 e. The number of benzene rings is 2. The lowest BCUT2D eigenvalue weighted by Crippen LogP contribution is -2.25. The summed E-state index contributed by atoms with van der Waals surface area (Å²) in [7, 11) is 1.44. The molecular weight excluding hydrogens is 343 g/mol. The van der Waals surface area contributed by atoms with Crippen molar-refractivity contribution in [2.45, 2.75) is 0 Å². The van der Waals surface area contributed by atoms with Gasteiger partial charge < -0.3 is 14.2 Å². The lowest BCUT2D eigenvalue weighted by atomic mass is 10.2. The van der Waals surface area contributed by atoms with Gasteiger partial charge in [-0.2, -0.15) is 0 Å². The molecule has 0 unspecified atom stereocenters. The number of rotatable bonds is 6. The summed E-state index contributed by atoms with van der Waals surface area (Å²) in [5, 5.41) is 9.12.